The van der Waals surface area contributed by atoms with Crippen LogP contribution >= 0.6 is 0 Å². The van der Waals surface area contributed by atoms with Gasteiger partial charge in [0.05, 0.1) is 6.10 Å². The van der Waals surface area contributed by atoms with Crippen LogP contribution in [0, 0.1) is 0 Å². The summed E-state index contributed by atoms with van der Waals surface area (Å²) in [4.78, 5) is 0. The van der Waals surface area contributed by atoms with Crippen molar-refractivity contribution < 1.29 is 9.47 Å². The molecule has 1 rings (SSSR count). The molecule has 0 bridgehead atoms. The number of rotatable bonds is 8. The number of nitrogens with one attached hydrogen (secondary N) is 1. The molecular formula is C13H27NO2. The highest BCUT2D eigenvalue weighted by Gasteiger charge is 2.13. The molecule has 16 heavy (non-hydrogen) atoms. The molecule has 1 N–H and O–H groups in total. The van der Waals surface area contributed by atoms with E-state index in [1.807, 2.05) is 0 Å². The van der Waals surface area contributed by atoms with Gasteiger partial charge in [0, 0.05) is 25.9 Å². The van der Waals surface area contributed by atoms with Gasteiger partial charge in [-0.25, -0.2) is 0 Å². The van der Waals surface area contributed by atoms with Crippen molar-refractivity contribution in [2.45, 2.75) is 58.1 Å². The molecule has 0 aliphatic carbocycles. The number of ether oxygens (including phenoxy) is 2. The van der Waals surface area contributed by atoms with Gasteiger partial charge in [-0.3, -0.25) is 0 Å². The average Bonchev–Trinajstić information content (AvgIpc) is 2.33. The second-order valence-corrected chi connectivity index (χ2v) is 4.68. The predicted octanol–water partition coefficient (Wildman–Crippen LogP) is 2.35. The molecule has 1 heterocycles. The van der Waals surface area contributed by atoms with Crippen LogP contribution in [0.4, 0.5) is 0 Å². The summed E-state index contributed by atoms with van der Waals surface area (Å²) >= 11 is 0. The summed E-state index contributed by atoms with van der Waals surface area (Å²) in [5.74, 6) is 0. The molecular weight excluding hydrogens is 202 g/mol. The van der Waals surface area contributed by atoms with E-state index in [0.29, 0.717) is 12.1 Å². The lowest BCUT2D eigenvalue weighted by atomic mass is 10.1. The van der Waals surface area contributed by atoms with Gasteiger partial charge in [-0.15, -0.1) is 0 Å². The van der Waals surface area contributed by atoms with Crippen LogP contribution in [-0.4, -0.2) is 38.5 Å². The van der Waals surface area contributed by atoms with Crippen molar-refractivity contribution in [3.63, 3.8) is 0 Å². The maximum atomic E-state index is 5.83. The summed E-state index contributed by atoms with van der Waals surface area (Å²) in [5.41, 5.74) is 0. The van der Waals surface area contributed by atoms with Gasteiger partial charge in [0.2, 0.25) is 0 Å². The molecule has 1 aliphatic rings. The summed E-state index contributed by atoms with van der Waals surface area (Å²) < 4.78 is 11.1. The van der Waals surface area contributed by atoms with Gasteiger partial charge in [0.1, 0.15) is 0 Å². The molecule has 1 unspecified atom stereocenters. The van der Waals surface area contributed by atoms with Crippen LogP contribution in [0.25, 0.3) is 0 Å². The van der Waals surface area contributed by atoms with Crippen LogP contribution in [0.1, 0.15) is 46.0 Å². The van der Waals surface area contributed by atoms with Gasteiger partial charge in [0.15, 0.2) is 0 Å². The first-order valence-electron chi connectivity index (χ1n) is 6.75. The predicted molar refractivity (Wildman–Crippen MR) is 66.8 cm³/mol. The lowest BCUT2D eigenvalue weighted by Crippen LogP contribution is -2.27. The molecule has 0 aromatic heterocycles. The number of hydrogen-bond donors (Lipinski definition) is 1. The minimum atomic E-state index is 0.452. The molecule has 0 amide bonds. The summed E-state index contributed by atoms with van der Waals surface area (Å²) in [6.45, 7) is 8.24. The summed E-state index contributed by atoms with van der Waals surface area (Å²) in [5, 5.41) is 3.50. The average molecular weight is 229 g/mol. The Morgan fingerprint density at radius 1 is 1.38 bits per heavy atom. The Hall–Kier alpha value is -0.120. The lowest BCUT2D eigenvalue weighted by molar-refractivity contribution is -0.0329. The van der Waals surface area contributed by atoms with Crippen molar-refractivity contribution in [1.82, 2.24) is 5.32 Å². The lowest BCUT2D eigenvalue weighted by Gasteiger charge is -2.22. The molecule has 1 saturated heterocycles. The van der Waals surface area contributed by atoms with E-state index in [4.69, 9.17) is 9.47 Å². The first-order valence-corrected chi connectivity index (χ1v) is 6.75. The van der Waals surface area contributed by atoms with Crippen LogP contribution < -0.4 is 5.32 Å². The minimum absolute atomic E-state index is 0.452. The normalized spacial score (nSPS) is 19.9. The molecule has 96 valence electrons. The standard InChI is InChI=1S/C13H27NO2/c1-3-8-14-12(2)5-4-9-16-13-6-10-15-11-7-13/h12-14H,3-11H2,1-2H3. The maximum Gasteiger partial charge on any atom is 0.0619 e. The smallest absolute Gasteiger partial charge is 0.0619 e. The van der Waals surface area contributed by atoms with E-state index in [-0.39, 0.29) is 0 Å². The van der Waals surface area contributed by atoms with Crippen LogP contribution in [0.3, 0.4) is 0 Å². The van der Waals surface area contributed by atoms with Crippen molar-refractivity contribution in [2.24, 2.45) is 0 Å². The van der Waals surface area contributed by atoms with Gasteiger partial charge in [-0.1, -0.05) is 6.92 Å². The van der Waals surface area contributed by atoms with Crippen molar-refractivity contribution in [3.8, 4) is 0 Å². The van der Waals surface area contributed by atoms with Crippen LogP contribution in [0.15, 0.2) is 0 Å². The first kappa shape index (κ1) is 13.9. The summed E-state index contributed by atoms with van der Waals surface area (Å²) in [6, 6.07) is 0.623. The minimum Gasteiger partial charge on any atom is -0.381 e. The van der Waals surface area contributed by atoms with Crippen molar-refractivity contribution in [2.75, 3.05) is 26.4 Å². The van der Waals surface area contributed by atoms with Crippen LogP contribution in [0.5, 0.6) is 0 Å². The molecule has 0 aromatic rings. The van der Waals surface area contributed by atoms with Gasteiger partial charge >= 0.3 is 0 Å². The zero-order valence-corrected chi connectivity index (χ0v) is 10.8. The highest BCUT2D eigenvalue weighted by atomic mass is 16.5. The van der Waals surface area contributed by atoms with E-state index in [2.05, 4.69) is 19.2 Å². The quantitative estimate of drug-likeness (QED) is 0.648. The van der Waals surface area contributed by atoms with E-state index in [0.717, 1.165) is 45.6 Å². The summed E-state index contributed by atoms with van der Waals surface area (Å²) in [7, 11) is 0. The molecule has 3 nitrogen and oxygen atoms in total. The Morgan fingerprint density at radius 3 is 2.81 bits per heavy atom. The molecule has 0 spiro atoms. The molecule has 0 saturated carbocycles. The second kappa shape index (κ2) is 8.97. The second-order valence-electron chi connectivity index (χ2n) is 4.68. The Balaban J connectivity index is 1.90. The van der Waals surface area contributed by atoms with Gasteiger partial charge in [0.25, 0.3) is 0 Å². The van der Waals surface area contributed by atoms with Crippen LogP contribution in [0.2, 0.25) is 0 Å². The Kier molecular flexibility index (Phi) is 7.81. The molecule has 1 fully saturated rings. The molecule has 3 heteroatoms. The third kappa shape index (κ3) is 6.46. The van der Waals surface area contributed by atoms with Crippen molar-refractivity contribution in [1.29, 1.82) is 0 Å². The highest BCUT2D eigenvalue weighted by molar-refractivity contribution is 4.63. The fraction of sp³-hybridized carbons (Fsp3) is 1.00. The first-order chi connectivity index (χ1) is 7.83. The monoisotopic (exact) mass is 229 g/mol. The zero-order chi connectivity index (χ0) is 11.6. The van der Waals surface area contributed by atoms with Crippen LogP contribution in [-0.2, 0) is 9.47 Å². The maximum absolute atomic E-state index is 5.83. The molecule has 0 aromatic carbocycles. The molecule has 0 radical (unpaired) electrons. The van der Waals surface area contributed by atoms with Gasteiger partial charge < -0.3 is 14.8 Å². The van der Waals surface area contributed by atoms with Crippen molar-refractivity contribution >= 4 is 0 Å². The topological polar surface area (TPSA) is 30.5 Å². The van der Waals surface area contributed by atoms with E-state index < -0.39 is 0 Å². The third-order valence-electron chi connectivity index (χ3n) is 3.05. The van der Waals surface area contributed by atoms with E-state index in [1.54, 1.807) is 0 Å². The fourth-order valence-electron chi connectivity index (χ4n) is 1.97. The molecule has 1 atom stereocenters. The molecule has 1 aliphatic heterocycles. The highest BCUT2D eigenvalue weighted by Crippen LogP contribution is 2.11. The Labute approximate surface area is 99.9 Å². The summed E-state index contributed by atoms with van der Waals surface area (Å²) in [6.07, 6.45) is 6.18. The Morgan fingerprint density at radius 2 is 2.12 bits per heavy atom. The largest absolute Gasteiger partial charge is 0.381 e. The van der Waals surface area contributed by atoms with Gasteiger partial charge in [-0.2, -0.15) is 0 Å². The SMILES string of the molecule is CCCNC(C)CCCOC1CCOCC1. The van der Waals surface area contributed by atoms with E-state index in [9.17, 15) is 0 Å². The third-order valence-corrected chi connectivity index (χ3v) is 3.05. The Bertz CT molecular complexity index is 158. The zero-order valence-electron chi connectivity index (χ0n) is 10.8. The van der Waals surface area contributed by atoms with Crippen molar-refractivity contribution in [3.05, 3.63) is 0 Å². The van der Waals surface area contributed by atoms with E-state index >= 15 is 0 Å². The fourth-order valence-corrected chi connectivity index (χ4v) is 1.97. The number of hydrogen-bond acceptors (Lipinski definition) is 3. The van der Waals surface area contributed by atoms with E-state index in [1.165, 1.54) is 12.8 Å². The van der Waals surface area contributed by atoms with Gasteiger partial charge in [-0.05, 0) is 45.6 Å².